The average Bonchev–Trinajstić information content (AvgIpc) is 0.873. The molecule has 0 atom stereocenters. The molecule has 0 bridgehead atoms. The number of benzene rings is 7. The van der Waals surface area contributed by atoms with Gasteiger partial charge in [0.05, 0.1) is 78.1 Å². The second kappa shape index (κ2) is 73.9. The number of carboxylic acids is 3. The van der Waals surface area contributed by atoms with Crippen LogP contribution in [-0.2, 0) is 14.4 Å². The van der Waals surface area contributed by atoms with Gasteiger partial charge in [-0.25, -0.2) is 9.82 Å². The van der Waals surface area contributed by atoms with Gasteiger partial charge < -0.3 is 112 Å². The maximum absolute atomic E-state index is 13.1. The van der Waals surface area contributed by atoms with Crippen molar-refractivity contribution in [2.24, 2.45) is 178 Å². The Hall–Kier alpha value is -16.7. The van der Waals surface area contributed by atoms with Gasteiger partial charge in [-0.15, -0.1) is 51.0 Å². The Bertz CT molecular complexity index is 5550. The van der Waals surface area contributed by atoms with E-state index in [0.717, 1.165) is 76.2 Å². The van der Waals surface area contributed by atoms with Crippen molar-refractivity contribution in [2.45, 2.75) is 34.6 Å². The van der Waals surface area contributed by atoms with Gasteiger partial charge in [0.1, 0.15) is 17.3 Å². The number of para-hydroxylation sites is 1. The van der Waals surface area contributed by atoms with Gasteiger partial charge in [-0.05, 0) is 86.1 Å². The number of aliphatic carboxylic acids is 3. The second-order valence-corrected chi connectivity index (χ2v) is 27.7. The van der Waals surface area contributed by atoms with Gasteiger partial charge in [0.25, 0.3) is 23.5 Å². The number of rotatable bonds is 20. The lowest BCUT2D eigenvalue weighted by Crippen LogP contribution is -2.21. The van der Waals surface area contributed by atoms with Gasteiger partial charge in [0.15, 0.2) is 0 Å². The molecule has 0 aliphatic carbocycles. The number of hydrazone groups is 1. The summed E-state index contributed by atoms with van der Waals surface area (Å²) in [5.74, 6) is -2.84. The topological polar surface area (TPSA) is 844 Å². The van der Waals surface area contributed by atoms with E-state index in [-0.39, 0.29) is 69.8 Å². The van der Waals surface area contributed by atoms with Crippen LogP contribution in [0.2, 0.25) is 35.2 Å². The van der Waals surface area contributed by atoms with Crippen LogP contribution in [0.25, 0.3) is 0 Å². The number of hydrogen-bond acceptors (Lipinski definition) is 27. The predicted molar refractivity (Wildman–Crippen MR) is 553 cm³/mol. The number of H-pyrrole nitrogens is 1. The highest BCUT2D eigenvalue weighted by atomic mass is 79.9. The molecule has 0 saturated carbocycles. The lowest BCUT2D eigenvalue weighted by atomic mass is 10.2. The van der Waals surface area contributed by atoms with Crippen molar-refractivity contribution in [3.63, 3.8) is 0 Å². The molecule has 0 radical (unpaired) electrons. The summed E-state index contributed by atoms with van der Waals surface area (Å²) < 4.78 is 19.1. The summed E-state index contributed by atoms with van der Waals surface area (Å²) in [7, 11) is 1.59. The number of carboxylic acid groups (broad SMARTS) is 3. The number of halogens is 9. The van der Waals surface area contributed by atoms with E-state index in [1.807, 2.05) is 128 Å². The molecule has 0 saturated heterocycles. The molecule has 0 aliphatic heterocycles. The molecule has 0 aliphatic rings. The predicted octanol–water partition coefficient (Wildman–Crippen LogP) is 8.13. The molecule has 0 spiro atoms. The Morgan fingerprint density at radius 2 is 0.679 bits per heavy atom. The van der Waals surface area contributed by atoms with Gasteiger partial charge in [-0.3, -0.25) is 34.1 Å². The Balaban J connectivity index is 0. The normalized spacial score (nSPS) is 9.98. The Kier molecular flexibility index (Phi) is 66.0. The van der Waals surface area contributed by atoms with Gasteiger partial charge in [0, 0.05) is 120 Å². The number of methoxy groups -OCH3 is 1. The Labute approximate surface area is 826 Å². The van der Waals surface area contributed by atoms with Crippen LogP contribution in [-0.4, -0.2) is 169 Å². The zero-order valence-electron chi connectivity index (χ0n) is 73.1. The minimum atomic E-state index is -0.833. The summed E-state index contributed by atoms with van der Waals surface area (Å²) >= 11 is 44.2. The molecule has 0 amide bonds. The monoisotopic (exact) mass is 2090 g/mol. The first-order chi connectivity index (χ1) is 64.8. The number of nitrogens with two attached hydrogens (primary N) is 16. The molecular formula is C81H96BrCl7FN39O8. The van der Waals surface area contributed by atoms with E-state index in [9.17, 15) is 9.18 Å². The standard InChI is InChI=1S/C11H10ClN5O.C9H11ClN4.C9H12N4O.C8H9BrN4.C8H8ClFN4.2C8H9ClN4.2C7H8ClN5.3C2H4O2/c1-7-10(18)14-11(17-15-7)16-13-6-8-4-2-3-5-9(8)12;1-6-2-3-7(8(10)4-6)5-13-14-9(11)12;1-14-8-5-3-2-4-7(8)6-12-13-9(10)11;9-7-4-2-1-3-6(7)5-12-13-8(10)11;9-6-2-1-3-7(10)5(6)4-13-14-8(11)12;2*9-7-4-2-1-3-6(7)5-12-13-8(10)11;2*8-6-4-11-2-1-5(6)3-12-13-7(9)10;3*1-2(3)4/h2-6H,1H3,(H2,14,16,17,18);2-5H,1H3,(H4,11,12,14);2-6H,1H3,(H4,10,11,13);1-5H,(H4,10,11,13);1-4H,(H4,11,12,14);2*1-5H,(H4,10,11,13);2*1-4H,(H4,9,10,13);3*1H3,(H,3,4)/b13-6+;13-5+;12-6+;12-5+;13-4+;2*12-5+;2*12-3+;;;. The largest absolute Gasteiger partial charge is 0.496 e. The minimum absolute atomic E-state index is 0.0525. The van der Waals surface area contributed by atoms with Crippen LogP contribution in [0.5, 0.6) is 5.75 Å². The number of nitrogens with one attached hydrogen (secondary N) is 2. The van der Waals surface area contributed by atoms with Gasteiger partial charge >= 0.3 is 0 Å². The first kappa shape index (κ1) is 122. The number of guanidine groups is 8. The lowest BCUT2D eigenvalue weighted by molar-refractivity contribution is -0.135. The van der Waals surface area contributed by atoms with Crippen molar-refractivity contribution < 1.29 is 38.8 Å². The van der Waals surface area contributed by atoms with Crippen LogP contribution in [0.15, 0.2) is 291 Å². The zero-order valence-corrected chi connectivity index (χ0v) is 80.0. The molecule has 3 heterocycles. The molecule has 0 unspecified atom stereocenters. The number of ether oxygens (including phenoxy) is 1. The van der Waals surface area contributed by atoms with E-state index in [1.165, 1.54) is 68.0 Å². The highest BCUT2D eigenvalue weighted by Crippen LogP contribution is 2.21. The van der Waals surface area contributed by atoms with E-state index < -0.39 is 23.7 Å². The summed E-state index contributed by atoms with van der Waals surface area (Å²) in [6.45, 7) is 6.78. The number of nitrogens with zero attached hydrogens (tertiary/aromatic N) is 21. The van der Waals surface area contributed by atoms with E-state index in [1.54, 1.807) is 69.0 Å². The summed E-state index contributed by atoms with van der Waals surface area (Å²) in [4.78, 5) is 48.4. The highest BCUT2D eigenvalue weighted by Gasteiger charge is 2.06. The van der Waals surface area contributed by atoms with Crippen molar-refractivity contribution in [3.05, 3.63) is 312 Å². The quantitative estimate of drug-likeness (QED) is 0.0194. The molecule has 7 aromatic carbocycles. The molecule has 0 fully saturated rings. The molecule has 56 heteroatoms. The van der Waals surface area contributed by atoms with Crippen molar-refractivity contribution in [2.75, 3.05) is 12.5 Å². The van der Waals surface area contributed by atoms with E-state index in [0.29, 0.717) is 47.0 Å². The minimum Gasteiger partial charge on any atom is -0.496 e. The number of hydrogen-bond donors (Lipinski definition) is 21. The van der Waals surface area contributed by atoms with Gasteiger partial charge in [-0.1, -0.05) is 200 Å². The molecule has 47 nitrogen and oxygen atoms in total. The second-order valence-electron chi connectivity index (χ2n) is 24.0. The van der Waals surface area contributed by atoms with E-state index in [4.69, 9.17) is 207 Å². The molecule has 10 aromatic rings. The van der Waals surface area contributed by atoms with Crippen LogP contribution in [0.3, 0.4) is 0 Å². The van der Waals surface area contributed by atoms with Gasteiger partial charge in [-0.2, -0.15) is 45.9 Å². The molecule has 10 rings (SSSR count). The van der Waals surface area contributed by atoms with Crippen LogP contribution in [0.1, 0.15) is 82.1 Å². The fourth-order valence-corrected chi connectivity index (χ4v) is 9.08. The molecule has 37 N–H and O–H groups in total. The lowest BCUT2D eigenvalue weighted by Gasteiger charge is -2.01. The maximum atomic E-state index is 13.1. The Morgan fingerprint density at radius 3 is 1.01 bits per heavy atom. The average molecular weight is 2090 g/mol. The van der Waals surface area contributed by atoms with Crippen LogP contribution >= 0.6 is 97.1 Å². The zero-order chi connectivity index (χ0) is 104. The third kappa shape index (κ3) is 67.2. The molecular weight excluding hydrogens is 1990 g/mol. The van der Waals surface area contributed by atoms with Crippen LogP contribution < -0.4 is 107 Å². The summed E-state index contributed by atoms with van der Waals surface area (Å²) in [5.41, 5.74) is 91.3. The van der Waals surface area contributed by atoms with Crippen molar-refractivity contribution >= 4 is 225 Å². The SMILES string of the molecule is CC(=O)O.CC(=O)O.CC(=O)O.COc1ccccc1/C=N/N=C(N)N.Cc1ccc(/C=N/N=C(N)N)c(Cl)c1.Cc1nnc(N/N=C/c2ccccc2Cl)[nH]c1=O.NC(N)=N/N=C/c1c(F)cccc1Cl.NC(N)=N/N=C/c1ccccc1Br.NC(N)=N/N=C/c1ccccc1Cl.NC(N)=N/N=C/c1ccccc1Cl.NC(N)=N/N=C/c1ccncc1Cl.NC(N)=N/N=C/c1ccncc1Cl. The van der Waals surface area contributed by atoms with E-state index in [2.05, 4.69) is 133 Å². The number of aryl methyl sites for hydroxylation is 2. The highest BCUT2D eigenvalue weighted by molar-refractivity contribution is 9.10. The summed E-state index contributed by atoms with van der Waals surface area (Å²) in [5, 5.41) is 93.7. The van der Waals surface area contributed by atoms with Gasteiger partial charge in [0.2, 0.25) is 53.6 Å². The Morgan fingerprint density at radius 1 is 0.380 bits per heavy atom. The maximum Gasteiger partial charge on any atom is 0.300 e. The fraction of sp³-hybridized carbons (Fsp3) is 0.0741. The first-order valence-corrected chi connectivity index (χ1v) is 40.5. The fourth-order valence-electron chi connectivity index (χ4n) is 7.31. The third-order valence-electron chi connectivity index (χ3n) is 12.7. The smallest absolute Gasteiger partial charge is 0.300 e. The number of aromatic amines is 1. The number of anilines is 1. The number of pyridine rings is 2. The first-order valence-electron chi connectivity index (χ1n) is 37.1. The molecule has 137 heavy (non-hydrogen) atoms. The van der Waals surface area contributed by atoms with E-state index >= 15 is 0 Å². The van der Waals surface area contributed by atoms with Crippen LogP contribution in [0.4, 0.5) is 10.3 Å². The summed E-state index contributed by atoms with van der Waals surface area (Å²) in [6, 6.07) is 50.2. The number of carbonyl (C=O) groups is 3. The van der Waals surface area contributed by atoms with Crippen LogP contribution in [0, 0.1) is 19.7 Å². The van der Waals surface area contributed by atoms with Crippen molar-refractivity contribution in [3.8, 4) is 5.75 Å². The third-order valence-corrected chi connectivity index (χ3v) is 15.8. The summed E-state index contributed by atoms with van der Waals surface area (Å²) in [6.07, 6.45) is 19.4. The number of aromatic nitrogens is 5. The molecule has 3 aromatic heterocycles. The molecule has 726 valence electrons. The van der Waals surface area contributed by atoms with Crippen molar-refractivity contribution in [1.29, 1.82) is 0 Å². The van der Waals surface area contributed by atoms with Crippen molar-refractivity contribution in [1.82, 2.24) is 25.1 Å².